The van der Waals surface area contributed by atoms with Crippen molar-refractivity contribution in [2.45, 2.75) is 38.5 Å². The molecule has 1 nitrogen and oxygen atoms in total. The molecule has 1 aromatic carbocycles. The highest BCUT2D eigenvalue weighted by Crippen LogP contribution is 2.45. The molecule has 0 atom stereocenters. The molecule has 1 aliphatic carbocycles. The summed E-state index contributed by atoms with van der Waals surface area (Å²) in [6.07, 6.45) is 2.76. The zero-order chi connectivity index (χ0) is 11.9. The average molecular weight is 282 g/mol. The van der Waals surface area contributed by atoms with E-state index in [1.54, 1.807) is 6.92 Å². The van der Waals surface area contributed by atoms with Crippen LogP contribution in [0.15, 0.2) is 10.5 Å². The second kappa shape index (κ2) is 3.85. The lowest BCUT2D eigenvalue weighted by Gasteiger charge is -2.37. The van der Waals surface area contributed by atoms with Gasteiger partial charge in [-0.3, -0.25) is 0 Å². The van der Waals surface area contributed by atoms with Crippen molar-refractivity contribution in [3.63, 3.8) is 0 Å². The summed E-state index contributed by atoms with van der Waals surface area (Å²) in [6, 6.07) is 4.31. The lowest BCUT2D eigenvalue weighted by atomic mass is 9.64. The number of benzene rings is 1. The molecule has 0 heterocycles. The van der Waals surface area contributed by atoms with Crippen LogP contribution in [0, 0.1) is 31.0 Å². The smallest absolute Gasteiger partial charge is 0.140 e. The number of nitriles is 1. The van der Waals surface area contributed by atoms with E-state index in [1.165, 1.54) is 0 Å². The summed E-state index contributed by atoms with van der Waals surface area (Å²) in [5.41, 5.74) is 1.91. The Hall–Kier alpha value is -0.880. The number of halogens is 2. The Labute approximate surface area is 103 Å². The van der Waals surface area contributed by atoms with Crippen LogP contribution in [0.5, 0.6) is 0 Å². The zero-order valence-corrected chi connectivity index (χ0v) is 11.0. The van der Waals surface area contributed by atoms with Crippen LogP contribution in [0.2, 0.25) is 0 Å². The summed E-state index contributed by atoms with van der Waals surface area (Å²) in [4.78, 5) is 0. The summed E-state index contributed by atoms with van der Waals surface area (Å²) in [5, 5.41) is 9.28. The average Bonchev–Trinajstić information content (AvgIpc) is 2.21. The van der Waals surface area contributed by atoms with Gasteiger partial charge in [0, 0.05) is 0 Å². The minimum atomic E-state index is -0.434. The maximum absolute atomic E-state index is 13.9. The van der Waals surface area contributed by atoms with Gasteiger partial charge in [0.15, 0.2) is 0 Å². The molecule has 1 saturated carbocycles. The standard InChI is InChI=1S/C13H13BrFN/c1-8-6-10(9(2)12(15)11(8)14)13(7-16)4-3-5-13/h6H,3-5H2,1-2H3. The normalized spacial score (nSPS) is 17.7. The number of aryl methyl sites for hydroxylation is 1. The molecule has 0 radical (unpaired) electrons. The zero-order valence-electron chi connectivity index (χ0n) is 9.40. The summed E-state index contributed by atoms with van der Waals surface area (Å²) in [6.45, 7) is 3.62. The Morgan fingerprint density at radius 2 is 2.06 bits per heavy atom. The van der Waals surface area contributed by atoms with E-state index in [0.29, 0.717) is 10.0 Å². The lowest BCUT2D eigenvalue weighted by Crippen LogP contribution is -2.33. The fourth-order valence-corrected chi connectivity index (χ4v) is 2.72. The minimum absolute atomic E-state index is 0.225. The third-order valence-electron chi connectivity index (χ3n) is 3.57. The summed E-state index contributed by atoms with van der Waals surface area (Å²) in [7, 11) is 0. The van der Waals surface area contributed by atoms with Crippen molar-refractivity contribution in [3.8, 4) is 6.07 Å². The molecule has 0 saturated heterocycles. The number of hydrogen-bond donors (Lipinski definition) is 0. The van der Waals surface area contributed by atoms with Crippen molar-refractivity contribution in [1.29, 1.82) is 5.26 Å². The maximum Gasteiger partial charge on any atom is 0.140 e. The van der Waals surface area contributed by atoms with Gasteiger partial charge < -0.3 is 0 Å². The highest BCUT2D eigenvalue weighted by atomic mass is 79.9. The largest absolute Gasteiger partial charge is 0.205 e. The third-order valence-corrected chi connectivity index (χ3v) is 4.54. The van der Waals surface area contributed by atoms with Gasteiger partial charge >= 0.3 is 0 Å². The fourth-order valence-electron chi connectivity index (χ4n) is 2.31. The van der Waals surface area contributed by atoms with E-state index in [0.717, 1.165) is 30.4 Å². The van der Waals surface area contributed by atoms with Gasteiger partial charge in [0.2, 0.25) is 0 Å². The molecule has 1 aromatic rings. The first-order valence-corrected chi connectivity index (χ1v) is 6.18. The molecule has 0 unspecified atom stereocenters. The molecule has 3 heteroatoms. The molecule has 0 amide bonds. The van der Waals surface area contributed by atoms with Gasteiger partial charge in [-0.05, 0) is 65.7 Å². The first-order chi connectivity index (χ1) is 7.52. The van der Waals surface area contributed by atoms with Crippen LogP contribution in [-0.2, 0) is 5.41 Å². The van der Waals surface area contributed by atoms with E-state index < -0.39 is 5.41 Å². The van der Waals surface area contributed by atoms with Crippen LogP contribution in [0.25, 0.3) is 0 Å². The number of nitrogens with zero attached hydrogens (tertiary/aromatic N) is 1. The van der Waals surface area contributed by atoms with Gasteiger partial charge in [-0.1, -0.05) is 6.07 Å². The summed E-state index contributed by atoms with van der Waals surface area (Å²) in [5.74, 6) is -0.225. The fraction of sp³-hybridized carbons (Fsp3) is 0.462. The van der Waals surface area contributed by atoms with E-state index in [9.17, 15) is 9.65 Å². The highest BCUT2D eigenvalue weighted by molar-refractivity contribution is 9.10. The third kappa shape index (κ3) is 1.48. The SMILES string of the molecule is Cc1cc(C2(C#N)CCC2)c(C)c(F)c1Br. The lowest BCUT2D eigenvalue weighted by molar-refractivity contribution is 0.321. The van der Waals surface area contributed by atoms with Crippen molar-refractivity contribution in [3.05, 3.63) is 33.0 Å². The molecule has 2 rings (SSSR count). The Bertz CT molecular complexity index is 484. The van der Waals surface area contributed by atoms with Crippen molar-refractivity contribution >= 4 is 15.9 Å². The highest BCUT2D eigenvalue weighted by Gasteiger charge is 2.40. The van der Waals surface area contributed by atoms with Crippen LogP contribution < -0.4 is 0 Å². The molecular formula is C13H13BrFN. The van der Waals surface area contributed by atoms with E-state index in [-0.39, 0.29) is 5.82 Å². The van der Waals surface area contributed by atoms with Crippen LogP contribution >= 0.6 is 15.9 Å². The first kappa shape index (κ1) is 11.6. The molecule has 0 aromatic heterocycles. The molecule has 16 heavy (non-hydrogen) atoms. The number of hydrogen-bond acceptors (Lipinski definition) is 1. The van der Waals surface area contributed by atoms with Crippen molar-refractivity contribution in [2.75, 3.05) is 0 Å². The predicted octanol–water partition coefficient (Wildman–Crippen LogP) is 4.15. The van der Waals surface area contributed by atoms with Crippen LogP contribution in [0.3, 0.4) is 0 Å². The van der Waals surface area contributed by atoms with Crippen molar-refractivity contribution < 1.29 is 4.39 Å². The van der Waals surface area contributed by atoms with Crippen LogP contribution in [-0.4, -0.2) is 0 Å². The van der Waals surface area contributed by atoms with Crippen LogP contribution in [0.1, 0.15) is 36.0 Å². The predicted molar refractivity (Wildman–Crippen MR) is 64.7 cm³/mol. The molecule has 0 aliphatic heterocycles. The molecule has 0 bridgehead atoms. The van der Waals surface area contributed by atoms with Crippen molar-refractivity contribution in [2.24, 2.45) is 0 Å². The summed E-state index contributed by atoms with van der Waals surface area (Å²) < 4.78 is 14.4. The van der Waals surface area contributed by atoms with Crippen molar-refractivity contribution in [1.82, 2.24) is 0 Å². The Balaban J connectivity index is 2.63. The Kier molecular flexibility index (Phi) is 2.79. The quantitative estimate of drug-likeness (QED) is 0.759. The van der Waals surface area contributed by atoms with Gasteiger partial charge in [0.05, 0.1) is 16.0 Å². The van der Waals surface area contributed by atoms with E-state index in [4.69, 9.17) is 0 Å². The monoisotopic (exact) mass is 281 g/mol. The summed E-state index contributed by atoms with van der Waals surface area (Å²) >= 11 is 3.23. The first-order valence-electron chi connectivity index (χ1n) is 5.39. The second-order valence-electron chi connectivity index (χ2n) is 4.54. The Morgan fingerprint density at radius 3 is 2.50 bits per heavy atom. The van der Waals surface area contributed by atoms with Gasteiger partial charge in [0.25, 0.3) is 0 Å². The van der Waals surface area contributed by atoms with Gasteiger partial charge in [-0.25, -0.2) is 4.39 Å². The Morgan fingerprint density at radius 1 is 1.44 bits per heavy atom. The minimum Gasteiger partial charge on any atom is -0.205 e. The van der Waals surface area contributed by atoms with Gasteiger partial charge in [-0.15, -0.1) is 0 Å². The van der Waals surface area contributed by atoms with Crippen LogP contribution in [0.4, 0.5) is 4.39 Å². The molecule has 1 aliphatic rings. The maximum atomic E-state index is 13.9. The van der Waals surface area contributed by atoms with Gasteiger partial charge in [-0.2, -0.15) is 5.26 Å². The molecule has 0 spiro atoms. The molecular weight excluding hydrogens is 269 g/mol. The molecule has 1 fully saturated rings. The van der Waals surface area contributed by atoms with E-state index in [2.05, 4.69) is 22.0 Å². The van der Waals surface area contributed by atoms with Gasteiger partial charge in [0.1, 0.15) is 5.82 Å². The van der Waals surface area contributed by atoms with E-state index >= 15 is 0 Å². The van der Waals surface area contributed by atoms with E-state index in [1.807, 2.05) is 13.0 Å². The second-order valence-corrected chi connectivity index (χ2v) is 5.33. The molecule has 84 valence electrons. The topological polar surface area (TPSA) is 23.8 Å². The number of rotatable bonds is 1. The molecule has 0 N–H and O–H groups in total.